The Morgan fingerprint density at radius 2 is 0.833 bits per heavy atom. The predicted octanol–water partition coefficient (Wildman–Crippen LogP) is 12.7. The molecule has 1 amide bonds. The highest BCUT2D eigenvalue weighted by molar-refractivity contribution is 5.78. The van der Waals surface area contributed by atoms with Gasteiger partial charge in [0.1, 0.15) is 12.7 Å². The number of unbranched alkanes of at least 4 members (excludes halogenated alkanes) is 30. The number of carbonyl (C=O) groups excluding carboxylic acids is 1. The third-order valence-corrected chi connectivity index (χ3v) is 10.2. The second kappa shape index (κ2) is 48.1. The van der Waals surface area contributed by atoms with Crippen LogP contribution in [0.5, 0.6) is 0 Å². The van der Waals surface area contributed by atoms with Gasteiger partial charge in [-0.25, -0.2) is 5.43 Å². The minimum absolute atomic E-state index is 0.0640. The summed E-state index contributed by atoms with van der Waals surface area (Å²) in [6.45, 7) is 8.20. The van der Waals surface area contributed by atoms with E-state index in [1.807, 2.05) is 0 Å². The van der Waals surface area contributed by atoms with Crippen molar-refractivity contribution in [3.05, 3.63) is 0 Å². The number of ether oxygens (including phenoxy) is 5. The molecule has 0 aliphatic heterocycles. The first kappa shape index (κ1) is 52.9. The van der Waals surface area contributed by atoms with E-state index in [0.29, 0.717) is 39.6 Å². The number of amides is 1. The number of hydrogen-bond donors (Lipinski definition) is 1. The molecule has 8 heteroatoms. The quantitative estimate of drug-likeness (QED) is 0.0377. The zero-order valence-electron chi connectivity index (χ0n) is 36.3. The Labute approximate surface area is 335 Å². The van der Waals surface area contributed by atoms with Crippen molar-refractivity contribution in [1.82, 2.24) is 5.43 Å². The zero-order chi connectivity index (χ0) is 39.1. The van der Waals surface area contributed by atoms with Gasteiger partial charge in [0.05, 0.1) is 39.2 Å². The maximum atomic E-state index is 12.1. The Morgan fingerprint density at radius 3 is 1.26 bits per heavy atom. The topological polar surface area (TPSA) is 87.6 Å². The highest BCUT2D eigenvalue weighted by Crippen LogP contribution is 2.15. The summed E-state index contributed by atoms with van der Waals surface area (Å²) in [5.74, 6) is -0.297. The fraction of sp³-hybridized carbons (Fsp3) is 0.957. The molecule has 1 atom stereocenters. The third-order valence-electron chi connectivity index (χ3n) is 10.2. The van der Waals surface area contributed by atoms with Crippen LogP contribution in [0.1, 0.15) is 219 Å². The SMILES string of the molecule is CCCCCCCCCCCCCCCCCCOC[C@H](/C=N/NC(=O)COCCOCCOC)OCCCCCCCCCCCCCCCCCC. The molecule has 0 fully saturated rings. The first-order chi connectivity index (χ1) is 26.7. The van der Waals surface area contributed by atoms with Crippen LogP contribution < -0.4 is 5.43 Å². The summed E-state index contributed by atoms with van der Waals surface area (Å²) in [4.78, 5) is 12.1. The smallest absolute Gasteiger partial charge is 0.266 e. The summed E-state index contributed by atoms with van der Waals surface area (Å²) in [6, 6.07) is 0. The van der Waals surface area contributed by atoms with E-state index < -0.39 is 0 Å². The first-order valence-electron chi connectivity index (χ1n) is 23.4. The first-order valence-corrected chi connectivity index (χ1v) is 23.4. The molecule has 0 saturated heterocycles. The molecule has 0 heterocycles. The number of nitrogens with one attached hydrogen (secondary N) is 1. The molecule has 0 bridgehead atoms. The van der Waals surface area contributed by atoms with Gasteiger partial charge in [-0.15, -0.1) is 0 Å². The molecule has 8 nitrogen and oxygen atoms in total. The number of hydrazone groups is 1. The lowest BCUT2D eigenvalue weighted by Gasteiger charge is -2.14. The van der Waals surface area contributed by atoms with Crippen LogP contribution in [0.3, 0.4) is 0 Å². The van der Waals surface area contributed by atoms with Crippen LogP contribution in [0, 0.1) is 0 Å². The molecule has 322 valence electrons. The average Bonchev–Trinajstić information content (AvgIpc) is 3.18. The van der Waals surface area contributed by atoms with E-state index in [9.17, 15) is 4.79 Å². The van der Waals surface area contributed by atoms with E-state index in [2.05, 4.69) is 24.4 Å². The van der Waals surface area contributed by atoms with E-state index >= 15 is 0 Å². The summed E-state index contributed by atoms with van der Waals surface area (Å²) in [5.41, 5.74) is 2.55. The molecular formula is C46H92N2O6. The van der Waals surface area contributed by atoms with Crippen LogP contribution in [-0.4, -0.2) is 78.2 Å². The minimum Gasteiger partial charge on any atom is -0.382 e. The van der Waals surface area contributed by atoms with Crippen LogP contribution in [0.15, 0.2) is 5.10 Å². The molecule has 0 radical (unpaired) electrons. The second-order valence-electron chi connectivity index (χ2n) is 15.6. The predicted molar refractivity (Wildman–Crippen MR) is 230 cm³/mol. The molecule has 1 N–H and O–H groups in total. The molecule has 0 saturated carbocycles. The fourth-order valence-electron chi connectivity index (χ4n) is 6.72. The minimum atomic E-state index is -0.297. The van der Waals surface area contributed by atoms with Crippen LogP contribution in [-0.2, 0) is 28.5 Å². The number of hydrogen-bond acceptors (Lipinski definition) is 7. The van der Waals surface area contributed by atoms with Crippen molar-refractivity contribution < 1.29 is 28.5 Å². The fourth-order valence-corrected chi connectivity index (χ4v) is 6.72. The number of carbonyl (C=O) groups is 1. The van der Waals surface area contributed by atoms with Gasteiger partial charge < -0.3 is 23.7 Å². The van der Waals surface area contributed by atoms with E-state index in [-0.39, 0.29) is 18.6 Å². The van der Waals surface area contributed by atoms with Crippen molar-refractivity contribution in [1.29, 1.82) is 0 Å². The lowest BCUT2D eigenvalue weighted by atomic mass is 10.0. The van der Waals surface area contributed by atoms with E-state index in [4.69, 9.17) is 23.7 Å². The van der Waals surface area contributed by atoms with Crippen molar-refractivity contribution in [2.75, 3.05) is 60.0 Å². The zero-order valence-corrected chi connectivity index (χ0v) is 36.3. The van der Waals surface area contributed by atoms with Gasteiger partial charge in [0.2, 0.25) is 0 Å². The highest BCUT2D eigenvalue weighted by Gasteiger charge is 2.08. The summed E-state index contributed by atoms with van der Waals surface area (Å²) in [7, 11) is 1.63. The Kier molecular flexibility index (Phi) is 47.1. The van der Waals surface area contributed by atoms with Crippen LogP contribution in [0.4, 0.5) is 0 Å². The van der Waals surface area contributed by atoms with Gasteiger partial charge in [0, 0.05) is 20.3 Å². The van der Waals surface area contributed by atoms with Gasteiger partial charge in [-0.2, -0.15) is 5.10 Å². The van der Waals surface area contributed by atoms with Crippen molar-refractivity contribution in [3.63, 3.8) is 0 Å². The van der Waals surface area contributed by atoms with Gasteiger partial charge in [-0.3, -0.25) is 4.79 Å². The summed E-state index contributed by atoms with van der Waals surface area (Å²) in [6.07, 6.45) is 44.8. The van der Waals surface area contributed by atoms with Crippen molar-refractivity contribution in [3.8, 4) is 0 Å². The van der Waals surface area contributed by atoms with Gasteiger partial charge >= 0.3 is 0 Å². The number of rotatable bonds is 47. The molecule has 0 aromatic rings. The largest absolute Gasteiger partial charge is 0.382 e. The molecule has 0 spiro atoms. The number of nitrogens with zero attached hydrogens (tertiary/aromatic N) is 1. The maximum absolute atomic E-state index is 12.1. The van der Waals surface area contributed by atoms with Crippen molar-refractivity contribution in [2.24, 2.45) is 5.10 Å². The average molecular weight is 769 g/mol. The monoisotopic (exact) mass is 769 g/mol. The Morgan fingerprint density at radius 1 is 0.463 bits per heavy atom. The summed E-state index contributed by atoms with van der Waals surface area (Å²) < 4.78 is 27.8. The van der Waals surface area contributed by atoms with Gasteiger partial charge in [-0.05, 0) is 12.8 Å². The summed E-state index contributed by atoms with van der Waals surface area (Å²) in [5, 5.41) is 4.15. The van der Waals surface area contributed by atoms with Crippen LogP contribution in [0.25, 0.3) is 0 Å². The Hall–Kier alpha value is -1.06. The van der Waals surface area contributed by atoms with Crippen LogP contribution in [0.2, 0.25) is 0 Å². The van der Waals surface area contributed by atoms with Gasteiger partial charge in [0.15, 0.2) is 0 Å². The van der Waals surface area contributed by atoms with E-state index in [1.54, 1.807) is 13.3 Å². The second-order valence-corrected chi connectivity index (χ2v) is 15.6. The summed E-state index contributed by atoms with van der Waals surface area (Å²) >= 11 is 0. The maximum Gasteiger partial charge on any atom is 0.266 e. The molecule has 54 heavy (non-hydrogen) atoms. The normalized spacial score (nSPS) is 12.3. The third kappa shape index (κ3) is 45.3. The number of methoxy groups -OCH3 is 1. The lowest BCUT2D eigenvalue weighted by molar-refractivity contribution is -0.126. The molecule has 0 aliphatic rings. The molecule has 0 aliphatic carbocycles. The van der Waals surface area contributed by atoms with E-state index in [1.165, 1.54) is 193 Å². The molecular weight excluding hydrogens is 677 g/mol. The molecule has 0 aromatic carbocycles. The van der Waals surface area contributed by atoms with Gasteiger partial charge in [0.25, 0.3) is 5.91 Å². The van der Waals surface area contributed by atoms with Gasteiger partial charge in [-0.1, -0.05) is 206 Å². The molecule has 0 rings (SSSR count). The Bertz CT molecular complexity index is 740. The molecule has 0 aromatic heterocycles. The lowest BCUT2D eigenvalue weighted by Crippen LogP contribution is -2.27. The van der Waals surface area contributed by atoms with Crippen LogP contribution >= 0.6 is 0 Å². The van der Waals surface area contributed by atoms with E-state index in [0.717, 1.165) is 19.4 Å². The van der Waals surface area contributed by atoms with Crippen molar-refractivity contribution >= 4 is 12.1 Å². The highest BCUT2D eigenvalue weighted by atomic mass is 16.5. The molecule has 0 unspecified atom stereocenters. The van der Waals surface area contributed by atoms with Crippen molar-refractivity contribution in [2.45, 2.75) is 225 Å². The standard InChI is InChI=1S/C46H92N2O6/c1-4-6-8-10-12-14-16-18-20-22-24-26-28-30-32-34-36-52-43-45(42-47-48-46(49)44-53-41-40-51-39-38-50-3)54-37-35-33-31-29-27-25-23-21-19-17-15-13-11-9-7-5-2/h42,45H,4-41,43-44H2,1-3H3,(H,48,49)/b47-42+/t45-/m0/s1. The Balaban J connectivity index is 4.04.